The summed E-state index contributed by atoms with van der Waals surface area (Å²) in [7, 11) is 0. The zero-order valence-corrected chi connectivity index (χ0v) is 14.3. The topological polar surface area (TPSA) is 63.7 Å². The third kappa shape index (κ3) is 4.20. The molecule has 0 spiro atoms. The third-order valence-corrected chi connectivity index (χ3v) is 4.33. The van der Waals surface area contributed by atoms with Crippen molar-refractivity contribution in [3.8, 4) is 0 Å². The lowest BCUT2D eigenvalue weighted by Crippen LogP contribution is -2.48. The van der Waals surface area contributed by atoms with E-state index in [1.807, 2.05) is 4.90 Å². The number of nitrogens with zero attached hydrogens (tertiary/aromatic N) is 2. The molecule has 0 bridgehead atoms. The molecule has 0 saturated carbocycles. The van der Waals surface area contributed by atoms with Gasteiger partial charge >= 0.3 is 6.18 Å². The highest BCUT2D eigenvalue weighted by Gasteiger charge is 2.31. The Morgan fingerprint density at radius 3 is 2.73 bits per heavy atom. The molecule has 3 rings (SSSR count). The van der Waals surface area contributed by atoms with E-state index in [1.165, 1.54) is 6.07 Å². The molecule has 2 aliphatic rings. The van der Waals surface area contributed by atoms with Crippen LogP contribution >= 0.6 is 0 Å². The second-order valence-electron chi connectivity index (χ2n) is 6.24. The lowest BCUT2D eigenvalue weighted by atomic mass is 10.1. The maximum atomic E-state index is 12.6. The van der Waals surface area contributed by atoms with Crippen molar-refractivity contribution in [1.82, 2.24) is 10.3 Å². The molecule has 1 fully saturated rings. The molecule has 2 aliphatic heterocycles. The molecule has 1 N–H and O–H groups in total. The number of anilines is 1. The van der Waals surface area contributed by atoms with Crippen LogP contribution in [0.1, 0.15) is 25.3 Å². The standard InChI is InChI=1S/C17H20F3N3O3/c1-11-15(26-8-7-25-11)16(24)22-13-3-2-6-23(10-13)14-5-4-12(9-21-14)17(18,19)20/h4-5,9,13H,2-3,6-8,10H2,1H3,(H,22,24). The van der Waals surface area contributed by atoms with Gasteiger partial charge in [0.15, 0.2) is 0 Å². The van der Waals surface area contributed by atoms with Crippen LogP contribution in [0.15, 0.2) is 29.8 Å². The Morgan fingerprint density at radius 2 is 2.08 bits per heavy atom. The van der Waals surface area contributed by atoms with Gasteiger partial charge in [-0.2, -0.15) is 13.2 Å². The van der Waals surface area contributed by atoms with Crippen LogP contribution < -0.4 is 10.2 Å². The summed E-state index contributed by atoms with van der Waals surface area (Å²) in [6, 6.07) is 2.23. The molecule has 0 aliphatic carbocycles. The quantitative estimate of drug-likeness (QED) is 0.884. The van der Waals surface area contributed by atoms with Gasteiger partial charge in [0.05, 0.1) is 5.56 Å². The first-order chi connectivity index (χ1) is 12.3. The Balaban J connectivity index is 1.63. The van der Waals surface area contributed by atoms with E-state index in [-0.39, 0.29) is 17.7 Å². The second kappa shape index (κ2) is 7.43. The Morgan fingerprint density at radius 1 is 1.31 bits per heavy atom. The van der Waals surface area contributed by atoms with Crippen LogP contribution in [0.25, 0.3) is 0 Å². The molecule has 1 saturated heterocycles. The molecule has 26 heavy (non-hydrogen) atoms. The third-order valence-electron chi connectivity index (χ3n) is 4.33. The van der Waals surface area contributed by atoms with E-state index in [0.717, 1.165) is 25.1 Å². The molecule has 1 amide bonds. The Bertz CT molecular complexity index is 689. The van der Waals surface area contributed by atoms with Gasteiger partial charge < -0.3 is 19.7 Å². The lowest BCUT2D eigenvalue weighted by molar-refractivity contribution is -0.137. The number of allylic oxidation sites excluding steroid dienone is 1. The summed E-state index contributed by atoms with van der Waals surface area (Å²) < 4.78 is 48.6. The minimum absolute atomic E-state index is 0.147. The number of hydrogen-bond acceptors (Lipinski definition) is 5. The molecule has 1 unspecified atom stereocenters. The monoisotopic (exact) mass is 371 g/mol. The first kappa shape index (κ1) is 18.3. The zero-order valence-electron chi connectivity index (χ0n) is 14.3. The SMILES string of the molecule is CC1=C(C(=O)NC2CCCN(c3ccc(C(F)(F)F)cn3)C2)OCCO1. The number of aromatic nitrogens is 1. The maximum Gasteiger partial charge on any atom is 0.417 e. The van der Waals surface area contributed by atoms with Crippen LogP contribution in [0, 0.1) is 0 Å². The molecular formula is C17H20F3N3O3. The van der Waals surface area contributed by atoms with Crippen molar-refractivity contribution in [3.05, 3.63) is 35.4 Å². The predicted molar refractivity (Wildman–Crippen MR) is 87.2 cm³/mol. The van der Waals surface area contributed by atoms with Crippen LogP contribution in [0.3, 0.4) is 0 Å². The average Bonchev–Trinajstić information content (AvgIpc) is 2.61. The van der Waals surface area contributed by atoms with E-state index < -0.39 is 11.7 Å². The van der Waals surface area contributed by atoms with Gasteiger partial charge in [-0.3, -0.25) is 4.79 Å². The molecule has 1 aromatic rings. The summed E-state index contributed by atoms with van der Waals surface area (Å²) >= 11 is 0. The van der Waals surface area contributed by atoms with Gasteiger partial charge in [-0.05, 0) is 31.9 Å². The molecular weight excluding hydrogens is 351 g/mol. The number of nitrogens with one attached hydrogen (secondary N) is 1. The number of amides is 1. The van der Waals surface area contributed by atoms with Gasteiger partial charge in [-0.1, -0.05) is 0 Å². The molecule has 0 aromatic carbocycles. The number of carbonyl (C=O) groups excluding carboxylic acids is 1. The predicted octanol–water partition coefficient (Wildman–Crippen LogP) is 2.46. The number of hydrogen-bond donors (Lipinski definition) is 1. The smallest absolute Gasteiger partial charge is 0.417 e. The van der Waals surface area contributed by atoms with Gasteiger partial charge in [0.2, 0.25) is 5.76 Å². The first-order valence-corrected chi connectivity index (χ1v) is 8.40. The fourth-order valence-corrected chi connectivity index (χ4v) is 3.03. The summed E-state index contributed by atoms with van der Waals surface area (Å²) in [5.41, 5.74) is -0.778. The van der Waals surface area contributed by atoms with Crippen molar-refractivity contribution >= 4 is 11.7 Å². The minimum atomic E-state index is -4.41. The number of halogens is 3. The number of pyridine rings is 1. The molecule has 9 heteroatoms. The van der Waals surface area contributed by atoms with Crippen LogP contribution in [-0.4, -0.2) is 43.2 Å². The summed E-state index contributed by atoms with van der Waals surface area (Å²) in [6.45, 7) is 3.56. The summed E-state index contributed by atoms with van der Waals surface area (Å²) in [5.74, 6) is 0.755. The van der Waals surface area contributed by atoms with Crippen molar-refractivity contribution in [2.75, 3.05) is 31.2 Å². The van der Waals surface area contributed by atoms with Gasteiger partial charge in [-0.15, -0.1) is 0 Å². The molecule has 1 aromatic heterocycles. The van der Waals surface area contributed by atoms with Crippen LogP contribution in [0.5, 0.6) is 0 Å². The summed E-state index contributed by atoms with van der Waals surface area (Å²) in [4.78, 5) is 18.1. The highest BCUT2D eigenvalue weighted by atomic mass is 19.4. The number of rotatable bonds is 3. The second-order valence-corrected chi connectivity index (χ2v) is 6.24. The van der Waals surface area contributed by atoms with Crippen LogP contribution in [0.4, 0.5) is 19.0 Å². The molecule has 0 radical (unpaired) electrons. The van der Waals surface area contributed by atoms with E-state index >= 15 is 0 Å². The first-order valence-electron chi connectivity index (χ1n) is 8.40. The van der Waals surface area contributed by atoms with Crippen molar-refractivity contribution in [3.63, 3.8) is 0 Å². The van der Waals surface area contributed by atoms with Crippen molar-refractivity contribution in [2.24, 2.45) is 0 Å². The number of piperidine rings is 1. The normalized spacial score (nSPS) is 21.1. The molecule has 142 valence electrons. The lowest BCUT2D eigenvalue weighted by Gasteiger charge is -2.34. The van der Waals surface area contributed by atoms with Crippen molar-refractivity contribution in [1.29, 1.82) is 0 Å². The van der Waals surface area contributed by atoms with E-state index in [4.69, 9.17) is 9.47 Å². The van der Waals surface area contributed by atoms with Crippen LogP contribution in [-0.2, 0) is 20.4 Å². The van der Waals surface area contributed by atoms with E-state index in [0.29, 0.717) is 37.9 Å². The van der Waals surface area contributed by atoms with Gasteiger partial charge in [0.1, 0.15) is 24.8 Å². The number of carbonyl (C=O) groups is 1. The minimum Gasteiger partial charge on any atom is -0.491 e. The van der Waals surface area contributed by atoms with Gasteiger partial charge in [0.25, 0.3) is 5.91 Å². The van der Waals surface area contributed by atoms with E-state index in [1.54, 1.807) is 6.92 Å². The highest BCUT2D eigenvalue weighted by Crippen LogP contribution is 2.29. The van der Waals surface area contributed by atoms with E-state index in [9.17, 15) is 18.0 Å². The van der Waals surface area contributed by atoms with Gasteiger partial charge in [0, 0.05) is 25.3 Å². The Hall–Kier alpha value is -2.45. The zero-order chi connectivity index (χ0) is 18.7. The van der Waals surface area contributed by atoms with Gasteiger partial charge in [-0.25, -0.2) is 4.98 Å². The Kier molecular flexibility index (Phi) is 5.24. The van der Waals surface area contributed by atoms with Crippen molar-refractivity contribution in [2.45, 2.75) is 32.0 Å². The van der Waals surface area contributed by atoms with Crippen LogP contribution in [0.2, 0.25) is 0 Å². The summed E-state index contributed by atoms with van der Waals surface area (Å²) in [6.07, 6.45) is -2.00. The fourth-order valence-electron chi connectivity index (χ4n) is 3.03. The molecule has 6 nitrogen and oxygen atoms in total. The average molecular weight is 371 g/mol. The highest BCUT2D eigenvalue weighted by molar-refractivity contribution is 5.92. The van der Waals surface area contributed by atoms with Crippen molar-refractivity contribution < 1.29 is 27.4 Å². The maximum absolute atomic E-state index is 12.6. The fraction of sp³-hybridized carbons (Fsp3) is 0.529. The number of ether oxygens (including phenoxy) is 2. The Labute approximate surface area is 149 Å². The molecule has 3 heterocycles. The van der Waals surface area contributed by atoms with E-state index in [2.05, 4.69) is 10.3 Å². The molecule has 1 atom stereocenters. The summed E-state index contributed by atoms with van der Waals surface area (Å²) in [5, 5.41) is 2.90. The number of alkyl halides is 3. The largest absolute Gasteiger partial charge is 0.491 e.